The molecule has 1 saturated heterocycles. The second-order valence-electron chi connectivity index (χ2n) is 22.0. The fraction of sp³-hybridized carbons (Fsp3) is 0.174. The molecule has 0 bridgehead atoms. The van der Waals surface area contributed by atoms with Gasteiger partial charge in [0.15, 0.2) is 12.1 Å². The molecule has 10 aromatic rings. The second-order valence-corrected chi connectivity index (χ2v) is 22.8. The van der Waals surface area contributed by atoms with Crippen LogP contribution < -0.4 is 36.2 Å². The number of halogens is 4. The fourth-order valence-electron chi connectivity index (χ4n) is 9.69. The number of hydrogen-bond acceptors (Lipinski definition) is 15. The van der Waals surface area contributed by atoms with Gasteiger partial charge in [0.25, 0.3) is 11.8 Å². The molecular weight excluding hydrogens is 1210 g/mol. The molecule has 2 aliphatic rings. The van der Waals surface area contributed by atoms with Crippen LogP contribution in [0.3, 0.4) is 0 Å². The molecule has 5 N–H and O–H groups in total. The van der Waals surface area contributed by atoms with Gasteiger partial charge in [-0.25, -0.2) is 43.8 Å². The fourth-order valence-corrected chi connectivity index (χ4v) is 10.2. The van der Waals surface area contributed by atoms with Crippen molar-refractivity contribution in [1.82, 2.24) is 25.4 Å². The highest BCUT2D eigenvalue weighted by molar-refractivity contribution is 6.32. The normalized spacial score (nSPS) is 13.7. The van der Waals surface area contributed by atoms with E-state index in [1.807, 2.05) is 48.5 Å². The van der Waals surface area contributed by atoms with Crippen molar-refractivity contribution in [3.05, 3.63) is 232 Å². The molecule has 18 nitrogen and oxygen atoms in total. The van der Waals surface area contributed by atoms with Crippen molar-refractivity contribution in [3.8, 4) is 22.8 Å². The lowest BCUT2D eigenvalue weighted by atomic mass is 10.0. The maximum atomic E-state index is 13.5. The number of aromatic nitrogens is 4. The van der Waals surface area contributed by atoms with Crippen LogP contribution in [0.5, 0.6) is 11.5 Å². The Hall–Kier alpha value is -10.3. The Labute approximate surface area is 531 Å². The van der Waals surface area contributed by atoms with Gasteiger partial charge < -0.3 is 39.3 Å². The van der Waals surface area contributed by atoms with Crippen LogP contribution in [0, 0.1) is 11.6 Å². The topological polar surface area (TPSA) is 222 Å². The number of furan rings is 1. The van der Waals surface area contributed by atoms with Crippen LogP contribution in [0.4, 0.5) is 48.0 Å². The number of anilines is 6. The molecule has 7 aromatic carbocycles. The summed E-state index contributed by atoms with van der Waals surface area (Å²) in [4.78, 5) is 61.3. The standard InChI is InChI=1S/C37H31ClFN5O5.C32H28ClFN4O4/c1-37(2,3)49-36(46)44-30-10-5-4-9-29(30)43-35(45)33-16-15-31(48-33)23-11-13-28-26(18-23)34(41-21-40-28)42-25-12-14-32(27(38)19-25)47-20-22-7-6-8-24(39)17-22;33-27-17-25(10-12-29(27)41-18-20-4-3-5-24(34)14-20)37-31-26-16-22(9-11-28(26)35-19-36-31)21-7-8-23(15-21)32(39)38-42-30-6-1-2-13-40-30/h4-19,21H,20H2,1-3H3,(H,43,45)(H,44,46)(H,40,41,42);3-5,7-12,14,16-17,19,30H,1-2,6,13,15,18H2,(H,38,39)(H,35,36,37). The third kappa shape index (κ3) is 16.5. The van der Waals surface area contributed by atoms with E-state index < -0.39 is 23.9 Å². The van der Waals surface area contributed by atoms with Crippen molar-refractivity contribution in [2.24, 2.45) is 0 Å². The van der Waals surface area contributed by atoms with Crippen molar-refractivity contribution >= 4 is 103 Å². The largest absolute Gasteiger partial charge is 0.487 e. The summed E-state index contributed by atoms with van der Waals surface area (Å²) in [7, 11) is 0. The summed E-state index contributed by atoms with van der Waals surface area (Å²) in [6.07, 6.45) is 8.90. The average molecular weight is 1270 g/mol. The van der Waals surface area contributed by atoms with Crippen LogP contribution in [-0.4, -0.2) is 56.3 Å². The number of carbonyl (C=O) groups excluding carboxylic acids is 3. The van der Waals surface area contributed by atoms with E-state index in [9.17, 15) is 23.2 Å². The van der Waals surface area contributed by atoms with Gasteiger partial charge in [0.05, 0.1) is 32.5 Å². The number of para-hydroxylation sites is 2. The molecule has 0 spiro atoms. The zero-order chi connectivity index (χ0) is 63.4. The number of nitrogens with one attached hydrogen (secondary N) is 5. The van der Waals surface area contributed by atoms with Crippen LogP contribution in [0.2, 0.25) is 10.0 Å². The summed E-state index contributed by atoms with van der Waals surface area (Å²) in [6.45, 7) is 6.29. The molecule has 1 unspecified atom stereocenters. The molecule has 0 saturated carbocycles. The molecule has 4 heterocycles. The van der Waals surface area contributed by atoms with E-state index in [2.05, 4.69) is 46.7 Å². The minimum absolute atomic E-state index is 0.0687. The Morgan fingerprint density at radius 2 is 1.21 bits per heavy atom. The highest BCUT2D eigenvalue weighted by atomic mass is 35.5. The minimum Gasteiger partial charge on any atom is -0.487 e. The Morgan fingerprint density at radius 1 is 0.615 bits per heavy atom. The number of nitrogens with zero attached hydrogens (tertiary/aromatic N) is 4. The third-order valence-corrected chi connectivity index (χ3v) is 14.7. The van der Waals surface area contributed by atoms with Crippen molar-refractivity contribution < 1.29 is 51.4 Å². The van der Waals surface area contributed by atoms with Crippen molar-refractivity contribution in [2.75, 3.05) is 27.9 Å². The Balaban J connectivity index is 0.000000189. The SMILES string of the molecule is CC(C)(C)OC(=O)Nc1ccccc1NC(=O)c1ccc(-c2ccc3ncnc(Nc4ccc(OCc5cccc(F)c5)c(Cl)c4)c3c2)o1.O=C(NOC1CCCCO1)C1=CC=C(c2ccc3ncnc(Nc4ccc(OCc5cccc(F)c5)c(Cl)c4)c3c2)C1. The Bertz CT molecular complexity index is 4400. The highest BCUT2D eigenvalue weighted by Gasteiger charge is 2.23. The monoisotopic (exact) mass is 1270 g/mol. The van der Waals surface area contributed by atoms with Gasteiger partial charge in [0.1, 0.15) is 72.0 Å². The third-order valence-electron chi connectivity index (χ3n) is 14.1. The summed E-state index contributed by atoms with van der Waals surface area (Å²) < 4.78 is 55.4. The van der Waals surface area contributed by atoms with Crippen LogP contribution in [0.1, 0.15) is 73.7 Å². The number of amides is 3. The first-order valence-corrected chi connectivity index (χ1v) is 29.6. The molecule has 0 radical (unpaired) electrons. The summed E-state index contributed by atoms with van der Waals surface area (Å²) in [5, 5.41) is 14.3. The van der Waals surface area contributed by atoms with E-state index in [-0.39, 0.29) is 36.5 Å². The number of hydrogen-bond donors (Lipinski definition) is 5. The van der Waals surface area contributed by atoms with E-state index in [4.69, 9.17) is 51.4 Å². The Kier molecular flexibility index (Phi) is 19.5. The zero-order valence-electron chi connectivity index (χ0n) is 49.3. The van der Waals surface area contributed by atoms with Crippen LogP contribution in [0.15, 0.2) is 193 Å². The number of fused-ring (bicyclic) bond motifs is 2. The molecule has 1 atom stereocenters. The van der Waals surface area contributed by atoms with E-state index in [1.165, 1.54) is 36.9 Å². The first-order valence-electron chi connectivity index (χ1n) is 28.9. The average Bonchev–Trinajstić information content (AvgIpc) is 1.88. The number of rotatable bonds is 18. The number of allylic oxidation sites excluding steroid dienone is 3. The van der Waals surface area contributed by atoms with Gasteiger partial charge in [-0.3, -0.25) is 14.9 Å². The van der Waals surface area contributed by atoms with Gasteiger partial charge >= 0.3 is 6.09 Å². The molecule has 12 rings (SSSR count). The first kappa shape index (κ1) is 62.4. The van der Waals surface area contributed by atoms with Crippen LogP contribution in [-0.2, 0) is 32.3 Å². The second kappa shape index (κ2) is 28.5. The smallest absolute Gasteiger partial charge is 0.412 e. The minimum atomic E-state index is -0.680. The van der Waals surface area contributed by atoms with Gasteiger partial charge in [-0.15, -0.1) is 0 Å². The predicted octanol–water partition coefficient (Wildman–Crippen LogP) is 16.6. The summed E-state index contributed by atoms with van der Waals surface area (Å²) in [5.41, 5.74) is 10.1. The van der Waals surface area contributed by atoms with Gasteiger partial charge in [-0.05, 0) is 171 Å². The summed E-state index contributed by atoms with van der Waals surface area (Å²) in [6, 6.07) is 44.4. The molecule has 91 heavy (non-hydrogen) atoms. The van der Waals surface area contributed by atoms with Crippen molar-refractivity contribution in [1.29, 1.82) is 0 Å². The zero-order valence-corrected chi connectivity index (χ0v) is 50.8. The highest BCUT2D eigenvalue weighted by Crippen LogP contribution is 2.37. The molecule has 3 amide bonds. The summed E-state index contributed by atoms with van der Waals surface area (Å²) >= 11 is 13.0. The molecule has 22 heteroatoms. The lowest BCUT2D eigenvalue weighted by Gasteiger charge is -2.22. The maximum Gasteiger partial charge on any atom is 0.412 e. The van der Waals surface area contributed by atoms with Gasteiger partial charge in [-0.1, -0.05) is 77.8 Å². The lowest BCUT2D eigenvalue weighted by Crippen LogP contribution is -2.33. The first-order chi connectivity index (χ1) is 44.0. The molecular formula is C69H59Cl2F2N9O9. The van der Waals surface area contributed by atoms with E-state index in [1.54, 1.807) is 118 Å². The van der Waals surface area contributed by atoms with E-state index in [0.29, 0.717) is 108 Å². The van der Waals surface area contributed by atoms with Crippen LogP contribution in [0.25, 0.3) is 38.7 Å². The molecule has 3 aromatic heterocycles. The van der Waals surface area contributed by atoms with E-state index >= 15 is 0 Å². The summed E-state index contributed by atoms with van der Waals surface area (Å²) in [5.74, 6) is 1.15. The maximum absolute atomic E-state index is 13.5. The molecule has 462 valence electrons. The predicted molar refractivity (Wildman–Crippen MR) is 345 cm³/mol. The number of ether oxygens (including phenoxy) is 4. The lowest BCUT2D eigenvalue weighted by molar-refractivity contribution is -0.198. The van der Waals surface area contributed by atoms with E-state index in [0.717, 1.165) is 41.3 Å². The van der Waals surface area contributed by atoms with Crippen molar-refractivity contribution in [3.63, 3.8) is 0 Å². The Morgan fingerprint density at radius 3 is 1.78 bits per heavy atom. The quantitative estimate of drug-likeness (QED) is 0.0504. The molecule has 1 fully saturated rings. The van der Waals surface area contributed by atoms with Crippen molar-refractivity contribution in [2.45, 2.75) is 71.6 Å². The van der Waals surface area contributed by atoms with Gasteiger partial charge in [0, 0.05) is 52.7 Å². The van der Waals surface area contributed by atoms with Crippen LogP contribution >= 0.6 is 23.2 Å². The van der Waals surface area contributed by atoms with Gasteiger partial charge in [-0.2, -0.15) is 0 Å². The number of carbonyl (C=O) groups is 3. The molecule has 1 aliphatic carbocycles. The van der Waals surface area contributed by atoms with Gasteiger partial charge in [0.2, 0.25) is 0 Å². The molecule has 1 aliphatic heterocycles. The number of hydroxylamine groups is 1. The number of benzene rings is 7.